The van der Waals surface area contributed by atoms with Crippen molar-refractivity contribution in [3.63, 3.8) is 0 Å². The van der Waals surface area contributed by atoms with Crippen LogP contribution in [0.4, 0.5) is 30.7 Å². The summed E-state index contributed by atoms with van der Waals surface area (Å²) in [6, 6.07) is 3.61. The molecule has 3 rings (SSSR count). The Balaban J connectivity index is 2.18. The monoisotopic (exact) mass is 586 g/mol. The van der Waals surface area contributed by atoms with Gasteiger partial charge in [-0.3, -0.25) is 9.59 Å². The molecule has 1 amide bonds. The number of carbonyl (C=O) groups is 3. The van der Waals surface area contributed by atoms with Crippen LogP contribution >= 0.6 is 0 Å². The van der Waals surface area contributed by atoms with E-state index >= 15 is 0 Å². The number of alkyl halides is 6. The summed E-state index contributed by atoms with van der Waals surface area (Å²) in [5.74, 6) is -3.41. The summed E-state index contributed by atoms with van der Waals surface area (Å²) in [4.78, 5) is 40.5. The summed E-state index contributed by atoms with van der Waals surface area (Å²) in [7, 11) is 2.64. The fraction of sp³-hybridized carbons (Fsp3) is 0.321. The number of methoxy groups -OCH3 is 1. The third kappa shape index (κ3) is 6.44. The van der Waals surface area contributed by atoms with Gasteiger partial charge in [-0.25, -0.2) is 9.18 Å². The van der Waals surface area contributed by atoms with Gasteiger partial charge in [0.2, 0.25) is 0 Å². The lowest BCUT2D eigenvalue weighted by atomic mass is 9.98. The summed E-state index contributed by atoms with van der Waals surface area (Å²) < 4.78 is 101. The quantitative estimate of drug-likeness (QED) is 0.180. The molecule has 0 radical (unpaired) electrons. The number of hydrogen-bond acceptors (Lipinski definition) is 4. The minimum Gasteiger partial charge on any atom is -0.464 e. The predicted octanol–water partition coefficient (Wildman–Crippen LogP) is 6.52. The van der Waals surface area contributed by atoms with E-state index in [1.807, 2.05) is 0 Å². The molecule has 0 bridgehead atoms. The van der Waals surface area contributed by atoms with Crippen LogP contribution in [0.15, 0.2) is 42.5 Å². The van der Waals surface area contributed by atoms with E-state index in [0.29, 0.717) is 5.69 Å². The van der Waals surface area contributed by atoms with E-state index in [2.05, 4.69) is 0 Å². The van der Waals surface area contributed by atoms with Gasteiger partial charge in [0.1, 0.15) is 11.5 Å². The Bertz CT molecular complexity index is 1460. The number of halogens is 7. The van der Waals surface area contributed by atoms with Crippen molar-refractivity contribution in [1.82, 2.24) is 9.47 Å². The number of rotatable bonds is 7. The molecule has 41 heavy (non-hydrogen) atoms. The van der Waals surface area contributed by atoms with Crippen molar-refractivity contribution < 1.29 is 49.9 Å². The molecule has 1 heterocycles. The fourth-order valence-corrected chi connectivity index (χ4v) is 4.49. The van der Waals surface area contributed by atoms with Gasteiger partial charge < -0.3 is 14.2 Å². The number of ether oxygens (including phenoxy) is 1. The largest absolute Gasteiger partial charge is 0.464 e. The van der Waals surface area contributed by atoms with E-state index < -0.39 is 65.1 Å². The summed E-state index contributed by atoms with van der Waals surface area (Å²) in [5.41, 5.74) is -3.51. The molecule has 0 spiro atoms. The van der Waals surface area contributed by atoms with Gasteiger partial charge >= 0.3 is 18.3 Å². The molecular formula is C28H25F7N2O4. The third-order valence-corrected chi connectivity index (χ3v) is 6.76. The van der Waals surface area contributed by atoms with Crippen LogP contribution in [0.3, 0.4) is 0 Å². The number of esters is 1. The molecule has 6 nitrogen and oxygen atoms in total. The lowest BCUT2D eigenvalue weighted by Gasteiger charge is -2.29. The molecule has 3 aromatic rings. The lowest BCUT2D eigenvalue weighted by Crippen LogP contribution is -2.43. The van der Waals surface area contributed by atoms with Crippen LogP contribution in [0.2, 0.25) is 0 Å². The fourth-order valence-electron chi connectivity index (χ4n) is 4.49. The Morgan fingerprint density at radius 2 is 1.44 bits per heavy atom. The van der Waals surface area contributed by atoms with Crippen molar-refractivity contribution in [2.45, 2.75) is 45.7 Å². The van der Waals surface area contributed by atoms with Gasteiger partial charge in [0.05, 0.1) is 24.3 Å². The number of amides is 1. The smallest absolute Gasteiger partial charge is 0.416 e. The summed E-state index contributed by atoms with van der Waals surface area (Å²) >= 11 is 0. The van der Waals surface area contributed by atoms with Gasteiger partial charge in [0, 0.05) is 30.4 Å². The lowest BCUT2D eigenvalue weighted by molar-refractivity contribution is -0.143. The zero-order valence-corrected chi connectivity index (χ0v) is 22.5. The molecule has 0 aliphatic carbocycles. The van der Waals surface area contributed by atoms with E-state index in [1.54, 1.807) is 0 Å². The van der Waals surface area contributed by atoms with E-state index in [-0.39, 0.29) is 40.6 Å². The van der Waals surface area contributed by atoms with Gasteiger partial charge in [-0.1, -0.05) is 12.1 Å². The standard InChI is InChI=1S/C28H25F7N2O4/c1-14-22(15(2)36(4)23(14)26(40)41-5)24(38)16(3)37(13-17-6-8-21(29)9-7-17)25(39)18-10-19(27(30,31)32)12-20(11-18)28(33,34)35/h6-12,16H,13H2,1-5H3. The maximum Gasteiger partial charge on any atom is 0.416 e. The molecule has 13 heteroatoms. The molecule has 0 aliphatic heterocycles. The molecule has 0 saturated carbocycles. The molecule has 220 valence electrons. The molecule has 2 aromatic carbocycles. The number of nitrogens with zero attached hydrogens (tertiary/aromatic N) is 2. The first-order chi connectivity index (χ1) is 18.9. The molecule has 0 aliphatic rings. The Morgan fingerprint density at radius 1 is 0.927 bits per heavy atom. The molecule has 0 N–H and O–H groups in total. The van der Waals surface area contributed by atoms with Gasteiger partial charge in [-0.15, -0.1) is 0 Å². The number of benzene rings is 2. The second-order valence-electron chi connectivity index (χ2n) is 9.38. The Morgan fingerprint density at radius 3 is 1.90 bits per heavy atom. The first kappa shape index (κ1) is 31.4. The van der Waals surface area contributed by atoms with Gasteiger partial charge in [-0.05, 0) is 62.2 Å². The average molecular weight is 587 g/mol. The van der Waals surface area contributed by atoms with E-state index in [1.165, 1.54) is 44.5 Å². The zero-order chi connectivity index (χ0) is 31.0. The first-order valence-corrected chi connectivity index (χ1v) is 12.0. The molecule has 1 unspecified atom stereocenters. The number of ketones is 1. The summed E-state index contributed by atoms with van der Waals surface area (Å²) in [5, 5.41) is 0. The highest BCUT2D eigenvalue weighted by Gasteiger charge is 2.39. The number of Topliss-reactive ketones (excluding diaryl/α,β-unsaturated/α-hetero) is 1. The van der Waals surface area contributed by atoms with Gasteiger partial charge in [0.15, 0.2) is 5.78 Å². The average Bonchev–Trinajstić information content (AvgIpc) is 3.12. The summed E-state index contributed by atoms with van der Waals surface area (Å²) in [6.45, 7) is 3.78. The summed E-state index contributed by atoms with van der Waals surface area (Å²) in [6.07, 6.45) is -10.4. The maximum absolute atomic E-state index is 13.8. The van der Waals surface area contributed by atoms with Crippen LogP contribution in [0.25, 0.3) is 0 Å². The maximum atomic E-state index is 13.8. The molecule has 0 saturated heterocycles. The third-order valence-electron chi connectivity index (χ3n) is 6.76. The minimum atomic E-state index is -5.21. The second-order valence-corrected chi connectivity index (χ2v) is 9.38. The van der Waals surface area contributed by atoms with Crippen LogP contribution in [0.5, 0.6) is 0 Å². The van der Waals surface area contributed by atoms with Crippen LogP contribution in [0.1, 0.15) is 66.1 Å². The van der Waals surface area contributed by atoms with Crippen molar-refractivity contribution in [2.24, 2.45) is 7.05 Å². The highest BCUT2D eigenvalue weighted by atomic mass is 19.4. The molecule has 1 atom stereocenters. The Labute approximate surface area is 230 Å². The highest BCUT2D eigenvalue weighted by Crippen LogP contribution is 2.37. The molecule has 0 fully saturated rings. The van der Waals surface area contributed by atoms with E-state index in [0.717, 1.165) is 24.1 Å². The van der Waals surface area contributed by atoms with Crippen LogP contribution < -0.4 is 0 Å². The number of carbonyl (C=O) groups excluding carboxylic acids is 3. The molecular weight excluding hydrogens is 561 g/mol. The van der Waals surface area contributed by atoms with Gasteiger partial charge in [0.25, 0.3) is 5.91 Å². The van der Waals surface area contributed by atoms with Crippen molar-refractivity contribution in [3.05, 3.63) is 93.1 Å². The highest BCUT2D eigenvalue weighted by molar-refractivity contribution is 6.07. The first-order valence-electron chi connectivity index (χ1n) is 12.0. The van der Waals surface area contributed by atoms with E-state index in [4.69, 9.17) is 4.74 Å². The second kappa shape index (κ2) is 11.4. The Kier molecular flexibility index (Phi) is 8.70. The molecule has 1 aromatic heterocycles. The van der Waals surface area contributed by atoms with Crippen molar-refractivity contribution in [1.29, 1.82) is 0 Å². The van der Waals surface area contributed by atoms with Gasteiger partial charge in [-0.2, -0.15) is 26.3 Å². The normalized spacial score (nSPS) is 12.7. The van der Waals surface area contributed by atoms with Crippen LogP contribution in [-0.4, -0.2) is 40.3 Å². The number of aromatic nitrogens is 1. The van der Waals surface area contributed by atoms with E-state index in [9.17, 15) is 45.1 Å². The van der Waals surface area contributed by atoms with Crippen molar-refractivity contribution in [3.8, 4) is 0 Å². The predicted molar refractivity (Wildman–Crippen MR) is 133 cm³/mol. The van der Waals surface area contributed by atoms with Crippen LogP contribution in [-0.2, 0) is 30.7 Å². The SMILES string of the molecule is COC(=O)c1c(C)c(C(=O)C(C)N(Cc2ccc(F)cc2)C(=O)c2cc(C(F)(F)F)cc(C(F)(F)F)c2)c(C)n1C. The zero-order valence-electron chi connectivity index (χ0n) is 22.5. The van der Waals surface area contributed by atoms with Crippen LogP contribution in [0, 0.1) is 19.7 Å². The number of hydrogen-bond donors (Lipinski definition) is 0. The van der Waals surface area contributed by atoms with Crippen molar-refractivity contribution in [2.75, 3.05) is 7.11 Å². The minimum absolute atomic E-state index is 0.0253. The van der Waals surface area contributed by atoms with Crippen molar-refractivity contribution >= 4 is 17.7 Å². The Hall–Kier alpha value is -4.16. The topological polar surface area (TPSA) is 68.6 Å².